The van der Waals surface area contributed by atoms with Crippen molar-refractivity contribution in [1.82, 2.24) is 0 Å². The summed E-state index contributed by atoms with van der Waals surface area (Å²) >= 11 is 0. The van der Waals surface area contributed by atoms with Crippen molar-refractivity contribution >= 4 is 16.5 Å². The van der Waals surface area contributed by atoms with Gasteiger partial charge in [0.2, 0.25) is 0 Å². The minimum atomic E-state index is 0.183. The highest BCUT2D eigenvalue weighted by Crippen LogP contribution is 2.28. The van der Waals surface area contributed by atoms with E-state index in [1.807, 2.05) is 18.2 Å². The summed E-state index contributed by atoms with van der Waals surface area (Å²) < 4.78 is 5.43. The van der Waals surface area contributed by atoms with Gasteiger partial charge in [0.05, 0.1) is 13.2 Å². The molecule has 0 saturated heterocycles. The fourth-order valence-electron chi connectivity index (χ4n) is 2.63. The van der Waals surface area contributed by atoms with Gasteiger partial charge in [-0.1, -0.05) is 48.5 Å². The zero-order valence-electron chi connectivity index (χ0n) is 12.3. The van der Waals surface area contributed by atoms with Crippen LogP contribution in [0.25, 0.3) is 10.8 Å². The fourth-order valence-corrected chi connectivity index (χ4v) is 2.63. The maximum absolute atomic E-state index is 5.43. The first-order chi connectivity index (χ1) is 10.3. The summed E-state index contributed by atoms with van der Waals surface area (Å²) in [6.45, 7) is 2.15. The number of benzene rings is 3. The Morgan fingerprint density at radius 1 is 0.857 bits per heavy atom. The number of rotatable bonds is 4. The van der Waals surface area contributed by atoms with E-state index < -0.39 is 0 Å². The summed E-state index contributed by atoms with van der Waals surface area (Å²) in [5.74, 6) is 0.915. The van der Waals surface area contributed by atoms with Gasteiger partial charge in [-0.15, -0.1) is 0 Å². The Bertz CT molecular complexity index is 751. The Balaban J connectivity index is 1.87. The third-order valence-electron chi connectivity index (χ3n) is 3.74. The number of methoxy groups -OCH3 is 1. The largest absolute Gasteiger partial charge is 0.496 e. The van der Waals surface area contributed by atoms with Crippen molar-refractivity contribution < 1.29 is 4.74 Å². The van der Waals surface area contributed by atoms with E-state index in [2.05, 4.69) is 60.8 Å². The van der Waals surface area contributed by atoms with Gasteiger partial charge in [-0.2, -0.15) is 0 Å². The Morgan fingerprint density at radius 3 is 2.38 bits per heavy atom. The molecular formula is C19H19NO. The van der Waals surface area contributed by atoms with Gasteiger partial charge in [0, 0.05) is 11.3 Å². The molecule has 3 aromatic carbocycles. The average molecular weight is 277 g/mol. The summed E-state index contributed by atoms with van der Waals surface area (Å²) in [5, 5.41) is 6.05. The number of nitrogens with one attached hydrogen (secondary N) is 1. The van der Waals surface area contributed by atoms with Gasteiger partial charge < -0.3 is 10.1 Å². The number of hydrogen-bond acceptors (Lipinski definition) is 2. The number of para-hydroxylation sites is 1. The predicted octanol–water partition coefficient (Wildman–Crippen LogP) is 5.02. The van der Waals surface area contributed by atoms with Crippen molar-refractivity contribution in [3.8, 4) is 5.75 Å². The second kappa shape index (κ2) is 5.88. The van der Waals surface area contributed by atoms with Crippen LogP contribution >= 0.6 is 0 Å². The van der Waals surface area contributed by atoms with E-state index in [1.54, 1.807) is 7.11 Å². The Hall–Kier alpha value is -2.48. The van der Waals surface area contributed by atoms with Crippen LogP contribution in [0.1, 0.15) is 18.5 Å². The van der Waals surface area contributed by atoms with Gasteiger partial charge in [0.25, 0.3) is 0 Å². The number of hydrogen-bond donors (Lipinski definition) is 1. The molecule has 3 aromatic rings. The van der Waals surface area contributed by atoms with E-state index in [1.165, 1.54) is 10.8 Å². The van der Waals surface area contributed by atoms with E-state index in [-0.39, 0.29) is 6.04 Å². The lowest BCUT2D eigenvalue weighted by atomic mass is 10.1. The van der Waals surface area contributed by atoms with Crippen LogP contribution in [-0.4, -0.2) is 7.11 Å². The average Bonchev–Trinajstić information content (AvgIpc) is 2.54. The first-order valence-corrected chi connectivity index (χ1v) is 7.16. The van der Waals surface area contributed by atoms with Crippen LogP contribution in [0, 0.1) is 0 Å². The Labute approximate surface area is 125 Å². The normalized spacial score (nSPS) is 12.1. The van der Waals surface area contributed by atoms with Gasteiger partial charge in [-0.3, -0.25) is 0 Å². The maximum atomic E-state index is 5.43. The second-order valence-corrected chi connectivity index (χ2v) is 5.17. The molecule has 0 aromatic heterocycles. The van der Waals surface area contributed by atoms with E-state index in [0.29, 0.717) is 0 Å². The SMILES string of the molecule is COc1ccccc1C(C)Nc1ccc2ccccc2c1. The molecule has 0 aliphatic carbocycles. The van der Waals surface area contributed by atoms with Crippen LogP contribution in [0.2, 0.25) is 0 Å². The highest BCUT2D eigenvalue weighted by Gasteiger charge is 2.10. The molecule has 0 spiro atoms. The second-order valence-electron chi connectivity index (χ2n) is 5.17. The highest BCUT2D eigenvalue weighted by molar-refractivity contribution is 5.85. The van der Waals surface area contributed by atoms with E-state index >= 15 is 0 Å². The van der Waals surface area contributed by atoms with Gasteiger partial charge in [-0.05, 0) is 35.9 Å². The van der Waals surface area contributed by atoms with Crippen LogP contribution in [0.3, 0.4) is 0 Å². The van der Waals surface area contributed by atoms with Crippen LogP contribution in [0.4, 0.5) is 5.69 Å². The van der Waals surface area contributed by atoms with E-state index in [4.69, 9.17) is 4.74 Å². The fraction of sp³-hybridized carbons (Fsp3) is 0.158. The molecule has 2 heteroatoms. The molecule has 0 aliphatic rings. The highest BCUT2D eigenvalue weighted by atomic mass is 16.5. The van der Waals surface area contributed by atoms with Crippen molar-refractivity contribution in [2.45, 2.75) is 13.0 Å². The number of ether oxygens (including phenoxy) is 1. The lowest BCUT2D eigenvalue weighted by molar-refractivity contribution is 0.408. The van der Waals surface area contributed by atoms with Gasteiger partial charge in [-0.25, -0.2) is 0 Å². The Morgan fingerprint density at radius 2 is 1.57 bits per heavy atom. The molecule has 106 valence electrons. The molecule has 0 fully saturated rings. The molecule has 2 nitrogen and oxygen atoms in total. The molecule has 1 atom stereocenters. The van der Waals surface area contributed by atoms with Gasteiger partial charge in [0.15, 0.2) is 0 Å². The lowest BCUT2D eigenvalue weighted by Gasteiger charge is -2.18. The molecule has 21 heavy (non-hydrogen) atoms. The third-order valence-corrected chi connectivity index (χ3v) is 3.74. The minimum absolute atomic E-state index is 0.183. The molecule has 3 rings (SSSR count). The van der Waals surface area contributed by atoms with Gasteiger partial charge >= 0.3 is 0 Å². The molecule has 0 aliphatic heterocycles. The summed E-state index contributed by atoms with van der Waals surface area (Å²) in [7, 11) is 1.71. The van der Waals surface area contributed by atoms with Crippen molar-refractivity contribution in [3.63, 3.8) is 0 Å². The van der Waals surface area contributed by atoms with Crippen molar-refractivity contribution in [1.29, 1.82) is 0 Å². The topological polar surface area (TPSA) is 21.3 Å². The summed E-state index contributed by atoms with van der Waals surface area (Å²) in [6, 6.07) is 23.1. The molecular weight excluding hydrogens is 258 g/mol. The monoisotopic (exact) mass is 277 g/mol. The predicted molar refractivity (Wildman–Crippen MR) is 89.0 cm³/mol. The summed E-state index contributed by atoms with van der Waals surface area (Å²) in [4.78, 5) is 0. The first kappa shape index (κ1) is 13.5. The minimum Gasteiger partial charge on any atom is -0.496 e. The van der Waals surface area contributed by atoms with E-state index in [9.17, 15) is 0 Å². The third kappa shape index (κ3) is 2.84. The summed E-state index contributed by atoms with van der Waals surface area (Å²) in [5.41, 5.74) is 2.28. The molecule has 0 saturated carbocycles. The standard InChI is InChI=1S/C19H19NO/c1-14(18-9-5-6-10-19(18)21-2)20-17-12-11-15-7-3-4-8-16(15)13-17/h3-14,20H,1-2H3. The van der Waals surface area contributed by atoms with Crippen LogP contribution in [0.15, 0.2) is 66.7 Å². The molecule has 0 bridgehead atoms. The number of fused-ring (bicyclic) bond motifs is 1. The van der Waals surface area contributed by atoms with E-state index in [0.717, 1.165) is 17.0 Å². The quantitative estimate of drug-likeness (QED) is 0.723. The zero-order valence-corrected chi connectivity index (χ0v) is 12.3. The first-order valence-electron chi connectivity index (χ1n) is 7.16. The van der Waals surface area contributed by atoms with Crippen LogP contribution in [0.5, 0.6) is 5.75 Å². The summed E-state index contributed by atoms with van der Waals surface area (Å²) in [6.07, 6.45) is 0. The Kier molecular flexibility index (Phi) is 3.78. The molecule has 0 amide bonds. The van der Waals surface area contributed by atoms with Crippen LogP contribution in [-0.2, 0) is 0 Å². The van der Waals surface area contributed by atoms with Crippen molar-refractivity contribution in [2.24, 2.45) is 0 Å². The smallest absolute Gasteiger partial charge is 0.124 e. The zero-order chi connectivity index (χ0) is 14.7. The van der Waals surface area contributed by atoms with Crippen molar-refractivity contribution in [2.75, 3.05) is 12.4 Å². The van der Waals surface area contributed by atoms with Gasteiger partial charge in [0.1, 0.15) is 5.75 Å². The molecule has 1 unspecified atom stereocenters. The lowest BCUT2D eigenvalue weighted by Crippen LogP contribution is -2.08. The number of anilines is 1. The molecule has 0 radical (unpaired) electrons. The molecule has 0 heterocycles. The van der Waals surface area contributed by atoms with Crippen molar-refractivity contribution in [3.05, 3.63) is 72.3 Å². The maximum Gasteiger partial charge on any atom is 0.124 e. The molecule has 1 N–H and O–H groups in total. The van der Waals surface area contributed by atoms with Crippen LogP contribution < -0.4 is 10.1 Å².